The van der Waals surface area contributed by atoms with Crippen LogP contribution in [0.1, 0.15) is 84.5 Å². The van der Waals surface area contributed by atoms with E-state index in [2.05, 4.69) is 31.4 Å². The Bertz CT molecular complexity index is 152. The maximum Gasteiger partial charge on any atom is 0.0141 e. The van der Waals surface area contributed by atoms with Gasteiger partial charge >= 0.3 is 0 Å². The van der Waals surface area contributed by atoms with Gasteiger partial charge in [0.2, 0.25) is 0 Å². The molecule has 1 N–H and O–H groups in total. The van der Waals surface area contributed by atoms with Crippen molar-refractivity contribution >= 4 is 0 Å². The van der Waals surface area contributed by atoms with Gasteiger partial charge in [-0.15, -0.1) is 0 Å². The number of rotatable bonds is 13. The summed E-state index contributed by atoms with van der Waals surface area (Å²) in [6, 6.07) is 0. The minimum atomic E-state index is 1.15. The van der Waals surface area contributed by atoms with E-state index in [4.69, 9.17) is 0 Å². The van der Waals surface area contributed by atoms with Crippen LogP contribution in [0.15, 0.2) is 12.3 Å². The molecule has 0 aliphatic heterocycles. The van der Waals surface area contributed by atoms with Crippen LogP contribution >= 0.6 is 0 Å². The van der Waals surface area contributed by atoms with Crippen molar-refractivity contribution in [2.24, 2.45) is 0 Å². The zero-order valence-corrected chi connectivity index (χ0v) is 12.1. The average molecular weight is 239 g/mol. The van der Waals surface area contributed by atoms with E-state index in [9.17, 15) is 0 Å². The molecule has 0 spiro atoms. The van der Waals surface area contributed by atoms with Gasteiger partial charge in [-0.2, -0.15) is 0 Å². The van der Waals surface area contributed by atoms with Gasteiger partial charge in [0, 0.05) is 6.54 Å². The largest absolute Gasteiger partial charge is 0.391 e. The topological polar surface area (TPSA) is 12.0 Å². The zero-order chi connectivity index (χ0) is 12.6. The number of nitrogens with one attached hydrogen (secondary N) is 1. The Hall–Kier alpha value is -0.460. The second kappa shape index (κ2) is 15.5. The van der Waals surface area contributed by atoms with E-state index in [1.807, 2.05) is 0 Å². The fraction of sp³-hybridized carbons (Fsp3) is 0.875. The Kier molecular flexibility index (Phi) is 15.1. The van der Waals surface area contributed by atoms with Crippen molar-refractivity contribution in [3.63, 3.8) is 0 Å². The van der Waals surface area contributed by atoms with E-state index in [-0.39, 0.29) is 0 Å². The van der Waals surface area contributed by atoms with Crippen molar-refractivity contribution < 1.29 is 0 Å². The van der Waals surface area contributed by atoms with Crippen LogP contribution in [0.4, 0.5) is 0 Å². The van der Waals surface area contributed by atoms with Crippen LogP contribution in [0, 0.1) is 0 Å². The number of hydrogen-bond donors (Lipinski definition) is 1. The van der Waals surface area contributed by atoms with Crippen LogP contribution in [0.3, 0.4) is 0 Å². The first-order valence-corrected chi connectivity index (χ1v) is 7.80. The molecule has 0 aromatic rings. The maximum absolute atomic E-state index is 3.39. The van der Waals surface area contributed by atoms with Crippen LogP contribution in [-0.4, -0.2) is 6.54 Å². The first-order valence-electron chi connectivity index (χ1n) is 7.80. The van der Waals surface area contributed by atoms with E-state index >= 15 is 0 Å². The predicted octanol–water partition coefficient (Wildman–Crippen LogP) is 5.42. The lowest BCUT2D eigenvalue weighted by molar-refractivity contribution is 0.597. The lowest BCUT2D eigenvalue weighted by atomic mass is 10.1. The highest BCUT2D eigenvalue weighted by atomic mass is 14.8. The molecular weight excluding hydrogens is 206 g/mol. The summed E-state index contributed by atoms with van der Waals surface area (Å²) >= 11 is 0. The van der Waals surface area contributed by atoms with Crippen molar-refractivity contribution in [1.82, 2.24) is 5.32 Å². The zero-order valence-electron chi connectivity index (χ0n) is 12.1. The van der Waals surface area contributed by atoms with Gasteiger partial charge in [-0.3, -0.25) is 0 Å². The molecule has 0 bridgehead atoms. The SMILES string of the molecule is CCCCCC/C=C/NCCCCCCCC. The lowest BCUT2D eigenvalue weighted by Gasteiger charge is -2.01. The molecule has 0 aromatic carbocycles. The quantitative estimate of drug-likeness (QED) is 0.423. The molecule has 1 heteroatoms. The molecule has 0 amide bonds. The van der Waals surface area contributed by atoms with Crippen LogP contribution in [0.2, 0.25) is 0 Å². The van der Waals surface area contributed by atoms with Crippen LogP contribution in [0.25, 0.3) is 0 Å². The van der Waals surface area contributed by atoms with Gasteiger partial charge in [-0.25, -0.2) is 0 Å². The Morgan fingerprint density at radius 1 is 0.706 bits per heavy atom. The van der Waals surface area contributed by atoms with Crippen molar-refractivity contribution in [3.05, 3.63) is 12.3 Å². The average Bonchev–Trinajstić information content (AvgIpc) is 2.35. The Morgan fingerprint density at radius 2 is 1.29 bits per heavy atom. The van der Waals surface area contributed by atoms with Crippen molar-refractivity contribution in [1.29, 1.82) is 0 Å². The third-order valence-corrected chi connectivity index (χ3v) is 3.13. The maximum atomic E-state index is 3.39. The highest BCUT2D eigenvalue weighted by molar-refractivity contribution is 4.78. The van der Waals surface area contributed by atoms with Gasteiger partial charge in [-0.05, 0) is 25.5 Å². The normalized spacial score (nSPS) is 11.2. The molecular formula is C16H33N. The van der Waals surface area contributed by atoms with E-state index < -0.39 is 0 Å². The molecule has 0 radical (unpaired) electrons. The first kappa shape index (κ1) is 16.5. The van der Waals surface area contributed by atoms with Crippen molar-refractivity contribution in [3.8, 4) is 0 Å². The molecule has 0 aliphatic carbocycles. The van der Waals surface area contributed by atoms with E-state index in [0.717, 1.165) is 6.54 Å². The Balaban J connectivity index is 2.99. The first-order chi connectivity index (χ1) is 8.41. The van der Waals surface area contributed by atoms with Crippen LogP contribution in [-0.2, 0) is 0 Å². The third kappa shape index (κ3) is 15.5. The summed E-state index contributed by atoms with van der Waals surface area (Å²) < 4.78 is 0. The highest BCUT2D eigenvalue weighted by Crippen LogP contribution is 2.04. The molecule has 0 heterocycles. The fourth-order valence-corrected chi connectivity index (χ4v) is 1.95. The summed E-state index contributed by atoms with van der Waals surface area (Å²) in [4.78, 5) is 0. The monoisotopic (exact) mass is 239 g/mol. The lowest BCUT2D eigenvalue weighted by Crippen LogP contribution is -2.06. The van der Waals surface area contributed by atoms with Crippen LogP contribution in [0.5, 0.6) is 0 Å². The van der Waals surface area contributed by atoms with Gasteiger partial charge in [-0.1, -0.05) is 71.3 Å². The molecule has 0 aliphatic rings. The summed E-state index contributed by atoms with van der Waals surface area (Å²) in [5, 5.41) is 3.39. The van der Waals surface area contributed by atoms with E-state index in [0.29, 0.717) is 0 Å². The molecule has 0 saturated heterocycles. The molecule has 17 heavy (non-hydrogen) atoms. The number of hydrogen-bond acceptors (Lipinski definition) is 1. The second-order valence-corrected chi connectivity index (χ2v) is 4.97. The Morgan fingerprint density at radius 3 is 2.00 bits per heavy atom. The molecule has 1 nitrogen and oxygen atoms in total. The molecule has 0 fully saturated rings. The van der Waals surface area contributed by atoms with Crippen molar-refractivity contribution in [2.75, 3.05) is 6.54 Å². The van der Waals surface area contributed by atoms with Gasteiger partial charge in [0.25, 0.3) is 0 Å². The van der Waals surface area contributed by atoms with E-state index in [1.54, 1.807) is 0 Å². The minimum absolute atomic E-state index is 1.15. The number of unbranched alkanes of at least 4 members (excludes halogenated alkanes) is 9. The number of allylic oxidation sites excluding steroid dienone is 1. The fourth-order valence-electron chi connectivity index (χ4n) is 1.95. The summed E-state index contributed by atoms with van der Waals surface area (Å²) in [7, 11) is 0. The second-order valence-electron chi connectivity index (χ2n) is 4.97. The Labute approximate surface area is 109 Å². The molecule has 0 aromatic heterocycles. The van der Waals surface area contributed by atoms with Gasteiger partial charge in [0.05, 0.1) is 0 Å². The minimum Gasteiger partial charge on any atom is -0.391 e. The molecule has 0 saturated carbocycles. The third-order valence-electron chi connectivity index (χ3n) is 3.13. The van der Waals surface area contributed by atoms with E-state index in [1.165, 1.54) is 70.6 Å². The standard InChI is InChI=1S/C16H33N/c1-3-5-7-9-11-13-15-17-16-14-12-10-8-6-4-2/h13,15,17H,3-12,14,16H2,1-2H3/b15-13+. The van der Waals surface area contributed by atoms with Gasteiger partial charge in [0.15, 0.2) is 0 Å². The van der Waals surface area contributed by atoms with Gasteiger partial charge in [0.1, 0.15) is 0 Å². The van der Waals surface area contributed by atoms with Gasteiger partial charge < -0.3 is 5.32 Å². The summed E-state index contributed by atoms with van der Waals surface area (Å²) in [6.07, 6.45) is 19.4. The summed E-state index contributed by atoms with van der Waals surface area (Å²) in [6.45, 7) is 5.68. The highest BCUT2D eigenvalue weighted by Gasteiger charge is 1.88. The van der Waals surface area contributed by atoms with Crippen molar-refractivity contribution in [2.45, 2.75) is 84.5 Å². The molecule has 0 unspecified atom stereocenters. The predicted molar refractivity (Wildman–Crippen MR) is 79.3 cm³/mol. The smallest absolute Gasteiger partial charge is 0.0141 e. The molecule has 0 rings (SSSR count). The molecule has 102 valence electrons. The van der Waals surface area contributed by atoms with Crippen LogP contribution < -0.4 is 5.32 Å². The summed E-state index contributed by atoms with van der Waals surface area (Å²) in [5.41, 5.74) is 0. The summed E-state index contributed by atoms with van der Waals surface area (Å²) in [5.74, 6) is 0. The molecule has 0 atom stereocenters.